The van der Waals surface area contributed by atoms with E-state index in [-0.39, 0.29) is 0 Å². The second-order valence-electron chi connectivity index (χ2n) is 2.88. The van der Waals surface area contributed by atoms with Crippen molar-refractivity contribution in [2.24, 2.45) is 10.7 Å². The molecule has 0 unspecified atom stereocenters. The van der Waals surface area contributed by atoms with Crippen molar-refractivity contribution in [2.45, 2.75) is 13.3 Å². The lowest BCUT2D eigenvalue weighted by atomic mass is 10.1. The second-order valence-corrected chi connectivity index (χ2v) is 3.84. The molecule has 0 radical (unpaired) electrons. The van der Waals surface area contributed by atoms with Gasteiger partial charge in [-0.25, -0.2) is 4.99 Å². The Labute approximate surface area is 81.0 Å². The minimum atomic E-state index is 0.436. The number of nitrogens with two attached hydrogens (primary N) is 1. The monoisotopic (exact) mass is 193 g/mol. The maximum atomic E-state index is 5.61. The van der Waals surface area contributed by atoms with E-state index in [1.54, 1.807) is 11.3 Å². The Morgan fingerprint density at radius 2 is 2.46 bits per heavy atom. The average molecular weight is 193 g/mol. The normalized spacial score (nSPS) is 14.8. The molecule has 2 heterocycles. The number of fused-ring (bicyclic) bond motifs is 1. The fourth-order valence-electron chi connectivity index (χ4n) is 1.35. The number of aryl methyl sites for hydroxylation is 1. The molecule has 3 nitrogen and oxygen atoms in total. The van der Waals surface area contributed by atoms with Crippen molar-refractivity contribution in [3.05, 3.63) is 22.4 Å². The molecule has 0 spiro atoms. The zero-order valence-corrected chi connectivity index (χ0v) is 8.24. The van der Waals surface area contributed by atoms with E-state index >= 15 is 0 Å². The van der Waals surface area contributed by atoms with Gasteiger partial charge in [0.05, 0.1) is 5.69 Å². The molecule has 1 aromatic rings. The number of rotatable bonds is 1. The molecule has 0 amide bonds. The van der Waals surface area contributed by atoms with Crippen LogP contribution in [0, 0.1) is 0 Å². The summed E-state index contributed by atoms with van der Waals surface area (Å²) in [6, 6.07) is 0. The molecule has 0 fully saturated rings. The topological polar surface area (TPSA) is 50.4 Å². The molecular weight excluding hydrogens is 182 g/mol. The minimum Gasteiger partial charge on any atom is -0.369 e. The first-order valence-electron chi connectivity index (χ1n) is 4.13. The standard InChI is InChI=1S/C9H11N3S/c1-3-7-8-6(4-13-7)5(2)11-9(10)12-8/h4H,2-3H2,1H3,(H3,10,11,12). The van der Waals surface area contributed by atoms with Crippen LogP contribution in [0.5, 0.6) is 0 Å². The van der Waals surface area contributed by atoms with E-state index in [1.165, 1.54) is 4.88 Å². The fraction of sp³-hybridized carbons (Fsp3) is 0.222. The van der Waals surface area contributed by atoms with Gasteiger partial charge in [0.1, 0.15) is 0 Å². The third-order valence-corrected chi connectivity index (χ3v) is 3.12. The van der Waals surface area contributed by atoms with Gasteiger partial charge in [-0.05, 0) is 6.42 Å². The molecule has 0 saturated heterocycles. The number of thiophene rings is 1. The fourth-order valence-corrected chi connectivity index (χ4v) is 2.30. The highest BCUT2D eigenvalue weighted by molar-refractivity contribution is 7.10. The van der Waals surface area contributed by atoms with E-state index in [1.807, 2.05) is 0 Å². The summed E-state index contributed by atoms with van der Waals surface area (Å²) in [5.41, 5.74) is 8.53. The van der Waals surface area contributed by atoms with Gasteiger partial charge in [-0.1, -0.05) is 13.5 Å². The van der Waals surface area contributed by atoms with Gasteiger partial charge in [-0.2, -0.15) is 0 Å². The lowest BCUT2D eigenvalue weighted by Gasteiger charge is -2.14. The molecular formula is C9H11N3S. The second kappa shape index (κ2) is 2.88. The highest BCUT2D eigenvalue weighted by Crippen LogP contribution is 2.36. The summed E-state index contributed by atoms with van der Waals surface area (Å²) in [6.45, 7) is 6.00. The van der Waals surface area contributed by atoms with E-state index in [9.17, 15) is 0 Å². The average Bonchev–Trinajstić information content (AvgIpc) is 2.47. The molecule has 0 aromatic carbocycles. The number of aliphatic imine (C=N–C) groups is 1. The van der Waals surface area contributed by atoms with Gasteiger partial charge >= 0.3 is 0 Å². The lowest BCUT2D eigenvalue weighted by Crippen LogP contribution is -2.31. The quantitative estimate of drug-likeness (QED) is 0.715. The molecule has 1 aliphatic rings. The highest BCUT2D eigenvalue weighted by Gasteiger charge is 2.17. The van der Waals surface area contributed by atoms with Gasteiger partial charge in [-0.3, -0.25) is 0 Å². The van der Waals surface area contributed by atoms with Crippen molar-refractivity contribution < 1.29 is 0 Å². The van der Waals surface area contributed by atoms with Crippen LogP contribution in [0.15, 0.2) is 17.0 Å². The maximum absolute atomic E-state index is 5.61. The molecule has 1 aromatic heterocycles. The summed E-state index contributed by atoms with van der Waals surface area (Å²) >= 11 is 1.71. The van der Waals surface area contributed by atoms with Crippen molar-refractivity contribution in [2.75, 3.05) is 0 Å². The molecule has 0 atom stereocenters. The van der Waals surface area contributed by atoms with Crippen LogP contribution in [-0.4, -0.2) is 5.96 Å². The molecule has 0 aliphatic carbocycles. The van der Waals surface area contributed by atoms with Crippen LogP contribution < -0.4 is 11.1 Å². The molecule has 0 saturated carbocycles. The predicted octanol–water partition coefficient (Wildman–Crippen LogP) is 1.83. The van der Waals surface area contributed by atoms with Crippen molar-refractivity contribution in [3.63, 3.8) is 0 Å². The van der Waals surface area contributed by atoms with E-state index in [0.717, 1.165) is 23.4 Å². The van der Waals surface area contributed by atoms with Gasteiger partial charge < -0.3 is 11.1 Å². The number of guanidine groups is 1. The first kappa shape index (κ1) is 8.31. The van der Waals surface area contributed by atoms with Crippen LogP contribution in [0.3, 0.4) is 0 Å². The van der Waals surface area contributed by atoms with Crippen LogP contribution in [-0.2, 0) is 6.42 Å². The smallest absolute Gasteiger partial charge is 0.198 e. The molecule has 0 bridgehead atoms. The Hall–Kier alpha value is -1.29. The predicted molar refractivity (Wildman–Crippen MR) is 57.1 cm³/mol. The van der Waals surface area contributed by atoms with Crippen LogP contribution in [0.4, 0.5) is 5.69 Å². The van der Waals surface area contributed by atoms with Gasteiger partial charge in [0.15, 0.2) is 5.96 Å². The minimum absolute atomic E-state index is 0.436. The SMILES string of the molecule is C=C1NC(N)=Nc2c1csc2CC. The molecule has 1 aliphatic heterocycles. The first-order valence-corrected chi connectivity index (χ1v) is 5.01. The van der Waals surface area contributed by atoms with Crippen LogP contribution >= 0.6 is 11.3 Å². The molecule has 68 valence electrons. The summed E-state index contributed by atoms with van der Waals surface area (Å²) in [5, 5.41) is 4.98. The summed E-state index contributed by atoms with van der Waals surface area (Å²) in [6.07, 6.45) is 0.990. The van der Waals surface area contributed by atoms with Crippen molar-refractivity contribution in [1.29, 1.82) is 0 Å². The van der Waals surface area contributed by atoms with Gasteiger partial charge in [0, 0.05) is 21.5 Å². The van der Waals surface area contributed by atoms with Crippen LogP contribution in [0.2, 0.25) is 0 Å². The molecule has 4 heteroatoms. The van der Waals surface area contributed by atoms with Gasteiger partial charge in [-0.15, -0.1) is 11.3 Å². The lowest BCUT2D eigenvalue weighted by molar-refractivity contribution is 1.15. The Morgan fingerprint density at radius 1 is 1.69 bits per heavy atom. The summed E-state index contributed by atoms with van der Waals surface area (Å²) in [4.78, 5) is 5.52. The first-order chi connectivity index (χ1) is 6.22. The van der Waals surface area contributed by atoms with Crippen molar-refractivity contribution >= 4 is 28.7 Å². The number of hydrogen-bond donors (Lipinski definition) is 2. The number of nitrogens with one attached hydrogen (secondary N) is 1. The number of hydrogen-bond acceptors (Lipinski definition) is 4. The zero-order chi connectivity index (χ0) is 9.42. The summed E-state index contributed by atoms with van der Waals surface area (Å²) in [5.74, 6) is 0.436. The highest BCUT2D eigenvalue weighted by atomic mass is 32.1. The van der Waals surface area contributed by atoms with E-state index in [4.69, 9.17) is 5.73 Å². The molecule has 2 rings (SSSR count). The van der Waals surface area contributed by atoms with Gasteiger partial charge in [0.25, 0.3) is 0 Å². The van der Waals surface area contributed by atoms with Crippen LogP contribution in [0.25, 0.3) is 5.70 Å². The van der Waals surface area contributed by atoms with E-state index < -0.39 is 0 Å². The molecule has 13 heavy (non-hydrogen) atoms. The third kappa shape index (κ3) is 1.23. The third-order valence-electron chi connectivity index (χ3n) is 2.00. The zero-order valence-electron chi connectivity index (χ0n) is 7.42. The molecule has 3 N–H and O–H groups in total. The Bertz CT molecular complexity index is 390. The van der Waals surface area contributed by atoms with E-state index in [0.29, 0.717) is 5.96 Å². The maximum Gasteiger partial charge on any atom is 0.198 e. The van der Waals surface area contributed by atoms with Gasteiger partial charge in [0.2, 0.25) is 0 Å². The van der Waals surface area contributed by atoms with Crippen molar-refractivity contribution in [1.82, 2.24) is 5.32 Å². The number of nitrogens with zero attached hydrogens (tertiary/aromatic N) is 1. The Morgan fingerprint density at radius 3 is 3.15 bits per heavy atom. The Balaban J connectivity index is 2.59. The Kier molecular flexibility index (Phi) is 1.84. The summed E-state index contributed by atoms with van der Waals surface area (Å²) < 4.78 is 0. The van der Waals surface area contributed by atoms with E-state index in [2.05, 4.69) is 29.2 Å². The van der Waals surface area contributed by atoms with Crippen LogP contribution in [0.1, 0.15) is 17.4 Å². The van der Waals surface area contributed by atoms with Crippen molar-refractivity contribution in [3.8, 4) is 0 Å². The summed E-state index contributed by atoms with van der Waals surface area (Å²) in [7, 11) is 0. The largest absolute Gasteiger partial charge is 0.369 e.